The topological polar surface area (TPSA) is 55.4 Å². The number of carbonyl (C=O) groups is 2. The number of Topliss-reactive ketones (excluding diaryl/α,β-unsaturated/α-hetero) is 1. The highest BCUT2D eigenvalue weighted by atomic mass is 16.5. The number of ketones is 1. The third-order valence-electron chi connectivity index (χ3n) is 3.41. The molecule has 0 saturated carbocycles. The zero-order valence-corrected chi connectivity index (χ0v) is 13.5. The van der Waals surface area contributed by atoms with E-state index >= 15 is 0 Å². The van der Waals surface area contributed by atoms with Crippen LogP contribution in [-0.4, -0.2) is 18.3 Å². The predicted molar refractivity (Wildman–Crippen MR) is 91.0 cm³/mol. The molecule has 2 aromatic carbocycles. The summed E-state index contributed by atoms with van der Waals surface area (Å²) in [6, 6.07) is 14.7. The van der Waals surface area contributed by atoms with Crippen molar-refractivity contribution < 1.29 is 14.3 Å². The van der Waals surface area contributed by atoms with Gasteiger partial charge in [0.1, 0.15) is 5.75 Å². The average molecular weight is 311 g/mol. The first-order valence-electron chi connectivity index (χ1n) is 7.65. The van der Waals surface area contributed by atoms with Gasteiger partial charge in [-0.15, -0.1) is 0 Å². The molecule has 0 aromatic heterocycles. The summed E-state index contributed by atoms with van der Waals surface area (Å²) in [4.78, 5) is 23.0. The fourth-order valence-corrected chi connectivity index (χ4v) is 2.07. The summed E-state index contributed by atoms with van der Waals surface area (Å²) in [5, 5.41) is 2.86. The largest absolute Gasteiger partial charge is 0.494 e. The summed E-state index contributed by atoms with van der Waals surface area (Å²) in [6.07, 6.45) is 1.03. The van der Waals surface area contributed by atoms with Crippen LogP contribution in [0, 0.1) is 6.92 Å². The zero-order chi connectivity index (χ0) is 16.7. The van der Waals surface area contributed by atoms with Crippen LogP contribution in [0.5, 0.6) is 5.75 Å². The molecule has 0 radical (unpaired) electrons. The van der Waals surface area contributed by atoms with Gasteiger partial charge in [-0.2, -0.15) is 0 Å². The molecule has 0 unspecified atom stereocenters. The van der Waals surface area contributed by atoms with Gasteiger partial charge in [0.2, 0.25) is 5.91 Å². The molecule has 23 heavy (non-hydrogen) atoms. The number of carbonyl (C=O) groups excluding carboxylic acids is 2. The van der Waals surface area contributed by atoms with Crippen molar-refractivity contribution >= 4 is 17.4 Å². The summed E-state index contributed by atoms with van der Waals surface area (Å²) >= 11 is 0. The van der Waals surface area contributed by atoms with E-state index in [0.29, 0.717) is 30.8 Å². The van der Waals surface area contributed by atoms with Gasteiger partial charge < -0.3 is 10.1 Å². The van der Waals surface area contributed by atoms with E-state index in [1.165, 1.54) is 6.92 Å². The number of amides is 1. The van der Waals surface area contributed by atoms with Gasteiger partial charge >= 0.3 is 0 Å². The molecule has 0 spiro atoms. The van der Waals surface area contributed by atoms with E-state index in [-0.39, 0.29) is 11.7 Å². The normalized spacial score (nSPS) is 10.2. The van der Waals surface area contributed by atoms with Gasteiger partial charge in [-0.3, -0.25) is 9.59 Å². The van der Waals surface area contributed by atoms with Gasteiger partial charge in [0.05, 0.1) is 6.61 Å². The van der Waals surface area contributed by atoms with Crippen molar-refractivity contribution in [3.8, 4) is 5.75 Å². The zero-order valence-electron chi connectivity index (χ0n) is 13.5. The van der Waals surface area contributed by atoms with Crippen molar-refractivity contribution in [1.82, 2.24) is 0 Å². The van der Waals surface area contributed by atoms with E-state index in [1.54, 1.807) is 24.3 Å². The summed E-state index contributed by atoms with van der Waals surface area (Å²) in [7, 11) is 0. The van der Waals surface area contributed by atoms with Crippen molar-refractivity contribution in [3.05, 3.63) is 59.7 Å². The molecule has 0 aliphatic rings. The molecule has 1 N–H and O–H groups in total. The molecule has 4 nitrogen and oxygen atoms in total. The summed E-state index contributed by atoms with van der Waals surface area (Å²) in [6.45, 7) is 4.00. The molecule has 0 aliphatic carbocycles. The first-order valence-corrected chi connectivity index (χ1v) is 7.65. The smallest absolute Gasteiger partial charge is 0.224 e. The highest BCUT2D eigenvalue weighted by molar-refractivity contribution is 5.94. The molecule has 0 saturated heterocycles. The number of aryl methyl sites for hydroxylation is 1. The molecular formula is C19H21NO3. The third kappa shape index (κ3) is 5.58. The van der Waals surface area contributed by atoms with Gasteiger partial charge in [-0.1, -0.05) is 17.7 Å². The maximum absolute atomic E-state index is 11.8. The second-order valence-corrected chi connectivity index (χ2v) is 5.45. The fraction of sp³-hybridized carbons (Fsp3) is 0.263. The number of benzene rings is 2. The van der Waals surface area contributed by atoms with Crippen molar-refractivity contribution in [2.24, 2.45) is 0 Å². The Bertz CT molecular complexity index is 660. The highest BCUT2D eigenvalue weighted by Crippen LogP contribution is 2.13. The van der Waals surface area contributed by atoms with E-state index in [9.17, 15) is 9.59 Å². The Hall–Kier alpha value is -2.62. The molecule has 120 valence electrons. The number of hydrogen-bond acceptors (Lipinski definition) is 3. The lowest BCUT2D eigenvalue weighted by molar-refractivity contribution is -0.116. The van der Waals surface area contributed by atoms with E-state index in [4.69, 9.17) is 4.74 Å². The molecule has 0 bridgehead atoms. The second-order valence-electron chi connectivity index (χ2n) is 5.45. The lowest BCUT2D eigenvalue weighted by Gasteiger charge is -2.08. The summed E-state index contributed by atoms with van der Waals surface area (Å²) in [5.74, 6) is 0.711. The Morgan fingerprint density at radius 2 is 1.65 bits per heavy atom. The van der Waals surface area contributed by atoms with E-state index in [0.717, 1.165) is 11.3 Å². The van der Waals surface area contributed by atoms with E-state index in [1.807, 2.05) is 31.2 Å². The minimum Gasteiger partial charge on any atom is -0.494 e. The SMILES string of the molecule is CC(=O)c1ccc(OCCCC(=O)Nc2ccc(C)cc2)cc1. The van der Waals surface area contributed by atoms with Crippen molar-refractivity contribution in [1.29, 1.82) is 0 Å². The van der Waals surface area contributed by atoms with Crippen LogP contribution in [0.2, 0.25) is 0 Å². The van der Waals surface area contributed by atoms with Crippen LogP contribution in [0.1, 0.15) is 35.7 Å². The Kier molecular flexibility index (Phi) is 5.92. The Labute approximate surface area is 136 Å². The minimum absolute atomic E-state index is 0.0237. The monoisotopic (exact) mass is 311 g/mol. The molecule has 2 rings (SSSR count). The number of hydrogen-bond donors (Lipinski definition) is 1. The maximum atomic E-state index is 11.8. The second kappa shape index (κ2) is 8.13. The van der Waals surface area contributed by atoms with Gasteiger partial charge in [0.25, 0.3) is 0 Å². The molecule has 4 heteroatoms. The van der Waals surface area contributed by atoms with Gasteiger partial charge in [0.15, 0.2) is 5.78 Å². The third-order valence-corrected chi connectivity index (χ3v) is 3.41. The first kappa shape index (κ1) is 16.7. The van der Waals surface area contributed by atoms with E-state index < -0.39 is 0 Å². The Morgan fingerprint density at radius 1 is 1.00 bits per heavy atom. The van der Waals surface area contributed by atoms with Crippen LogP contribution in [0.4, 0.5) is 5.69 Å². The standard InChI is InChI=1S/C19H21NO3/c1-14-5-9-17(10-6-14)20-19(22)4-3-13-23-18-11-7-16(8-12-18)15(2)21/h5-12H,3-4,13H2,1-2H3,(H,20,22). The lowest BCUT2D eigenvalue weighted by Crippen LogP contribution is -2.12. The lowest BCUT2D eigenvalue weighted by atomic mass is 10.1. The van der Waals surface area contributed by atoms with Crippen LogP contribution >= 0.6 is 0 Å². The maximum Gasteiger partial charge on any atom is 0.224 e. The minimum atomic E-state index is -0.0237. The number of ether oxygens (including phenoxy) is 1. The van der Waals surface area contributed by atoms with E-state index in [2.05, 4.69) is 5.32 Å². The Morgan fingerprint density at radius 3 is 2.26 bits per heavy atom. The number of rotatable bonds is 7. The summed E-state index contributed by atoms with van der Waals surface area (Å²) in [5.41, 5.74) is 2.63. The highest BCUT2D eigenvalue weighted by Gasteiger charge is 2.03. The first-order chi connectivity index (χ1) is 11.0. The molecule has 0 heterocycles. The van der Waals surface area contributed by atoms with Crippen molar-refractivity contribution in [3.63, 3.8) is 0 Å². The average Bonchev–Trinajstić information content (AvgIpc) is 2.54. The molecule has 2 aromatic rings. The van der Waals surface area contributed by atoms with Gasteiger partial charge in [-0.25, -0.2) is 0 Å². The molecule has 0 fully saturated rings. The molecule has 1 amide bonds. The van der Waals surface area contributed by atoms with Crippen LogP contribution < -0.4 is 10.1 Å². The molecular weight excluding hydrogens is 290 g/mol. The predicted octanol–water partition coefficient (Wildman–Crippen LogP) is 4.00. The van der Waals surface area contributed by atoms with Gasteiger partial charge in [0, 0.05) is 17.7 Å². The molecule has 0 aliphatic heterocycles. The number of nitrogens with one attached hydrogen (secondary N) is 1. The van der Waals surface area contributed by atoms with Crippen molar-refractivity contribution in [2.45, 2.75) is 26.7 Å². The number of anilines is 1. The summed E-state index contributed by atoms with van der Waals surface area (Å²) < 4.78 is 5.57. The van der Waals surface area contributed by atoms with Crippen molar-refractivity contribution in [2.75, 3.05) is 11.9 Å². The fourth-order valence-electron chi connectivity index (χ4n) is 2.07. The van der Waals surface area contributed by atoms with Crippen LogP contribution in [0.3, 0.4) is 0 Å². The van der Waals surface area contributed by atoms with Crippen LogP contribution in [0.25, 0.3) is 0 Å². The quantitative estimate of drug-likeness (QED) is 0.621. The Balaban J connectivity index is 1.69. The van der Waals surface area contributed by atoms with Crippen LogP contribution in [0.15, 0.2) is 48.5 Å². The van der Waals surface area contributed by atoms with Crippen LogP contribution in [-0.2, 0) is 4.79 Å². The molecule has 0 atom stereocenters. The van der Waals surface area contributed by atoms with Gasteiger partial charge in [-0.05, 0) is 56.7 Å².